The summed E-state index contributed by atoms with van der Waals surface area (Å²) in [7, 11) is 1.55. The van der Waals surface area contributed by atoms with Crippen LogP contribution in [0.5, 0.6) is 11.5 Å². The molecule has 0 aliphatic carbocycles. The maximum atomic E-state index is 13.2. The lowest BCUT2D eigenvalue weighted by Crippen LogP contribution is -2.22. The predicted octanol–water partition coefficient (Wildman–Crippen LogP) is 5.74. The molecule has 0 atom stereocenters. The highest BCUT2D eigenvalue weighted by Crippen LogP contribution is 2.29. The number of anilines is 2. The smallest absolute Gasteiger partial charge is 0.262 e. The number of hydrogen-bond acceptors (Lipinski definition) is 4. The van der Waals surface area contributed by atoms with Crippen molar-refractivity contribution in [1.29, 1.82) is 0 Å². The number of benzene rings is 4. The molecular formula is C28H26N2O4. The predicted molar refractivity (Wildman–Crippen MR) is 135 cm³/mol. The Kier molecular flexibility index (Phi) is 6.78. The third-order valence-corrected chi connectivity index (χ3v) is 5.55. The van der Waals surface area contributed by atoms with E-state index in [1.807, 2.05) is 68.4 Å². The van der Waals surface area contributed by atoms with Gasteiger partial charge < -0.3 is 20.1 Å². The van der Waals surface area contributed by atoms with Crippen LogP contribution in [0.25, 0.3) is 10.8 Å². The quantitative estimate of drug-likeness (QED) is 0.374. The summed E-state index contributed by atoms with van der Waals surface area (Å²) in [4.78, 5) is 25.9. The minimum Gasteiger partial charge on any atom is -0.495 e. The zero-order valence-corrected chi connectivity index (χ0v) is 19.3. The second kappa shape index (κ2) is 10.1. The summed E-state index contributed by atoms with van der Waals surface area (Å²) in [6.07, 6.45) is 0. The van der Waals surface area contributed by atoms with Crippen LogP contribution in [0.3, 0.4) is 0 Å². The van der Waals surface area contributed by atoms with E-state index >= 15 is 0 Å². The van der Waals surface area contributed by atoms with Crippen molar-refractivity contribution in [3.8, 4) is 11.5 Å². The van der Waals surface area contributed by atoms with Gasteiger partial charge in [0.05, 0.1) is 18.4 Å². The first-order chi connectivity index (χ1) is 16.5. The van der Waals surface area contributed by atoms with Crippen molar-refractivity contribution >= 4 is 34.0 Å². The fraction of sp³-hybridized carbons (Fsp3) is 0.143. The van der Waals surface area contributed by atoms with E-state index in [4.69, 9.17) is 9.47 Å². The van der Waals surface area contributed by atoms with Gasteiger partial charge in [-0.1, -0.05) is 54.6 Å². The molecule has 4 rings (SSSR count). The van der Waals surface area contributed by atoms with Crippen molar-refractivity contribution < 1.29 is 19.1 Å². The molecule has 34 heavy (non-hydrogen) atoms. The van der Waals surface area contributed by atoms with Crippen LogP contribution in [0, 0.1) is 13.8 Å². The summed E-state index contributed by atoms with van der Waals surface area (Å²) in [5.41, 5.74) is 3.57. The average Bonchev–Trinajstić information content (AvgIpc) is 2.84. The van der Waals surface area contributed by atoms with Gasteiger partial charge >= 0.3 is 0 Å². The molecule has 0 heterocycles. The van der Waals surface area contributed by atoms with Crippen molar-refractivity contribution in [3.63, 3.8) is 0 Å². The Morgan fingerprint density at radius 3 is 2.12 bits per heavy atom. The highest BCUT2D eigenvalue weighted by Gasteiger charge is 2.17. The number of ether oxygens (including phenoxy) is 2. The summed E-state index contributed by atoms with van der Waals surface area (Å²) in [6.45, 7) is 3.64. The van der Waals surface area contributed by atoms with E-state index in [-0.39, 0.29) is 18.4 Å². The van der Waals surface area contributed by atoms with Crippen molar-refractivity contribution in [1.82, 2.24) is 0 Å². The molecule has 6 heteroatoms. The molecule has 2 N–H and O–H groups in total. The largest absolute Gasteiger partial charge is 0.495 e. The van der Waals surface area contributed by atoms with Gasteiger partial charge in [0.25, 0.3) is 11.8 Å². The summed E-state index contributed by atoms with van der Waals surface area (Å²) in [5.74, 6) is 0.205. The molecule has 4 aromatic rings. The molecule has 0 aromatic heterocycles. The van der Waals surface area contributed by atoms with E-state index in [2.05, 4.69) is 10.6 Å². The van der Waals surface area contributed by atoms with Gasteiger partial charge in [-0.3, -0.25) is 9.59 Å². The number of rotatable bonds is 7. The molecule has 172 valence electrons. The minimum atomic E-state index is -0.361. The van der Waals surface area contributed by atoms with Crippen molar-refractivity contribution in [2.75, 3.05) is 24.4 Å². The summed E-state index contributed by atoms with van der Waals surface area (Å²) in [5, 5.41) is 7.58. The highest BCUT2D eigenvalue weighted by molar-refractivity contribution is 6.09. The van der Waals surface area contributed by atoms with Gasteiger partial charge in [-0.15, -0.1) is 0 Å². The Balaban J connectivity index is 1.59. The number of fused-ring (bicyclic) bond motifs is 1. The monoisotopic (exact) mass is 454 g/mol. The number of carbonyl (C=O) groups excluding carboxylic acids is 2. The van der Waals surface area contributed by atoms with E-state index in [9.17, 15) is 9.59 Å². The molecule has 0 unspecified atom stereocenters. The van der Waals surface area contributed by atoms with Gasteiger partial charge in [-0.2, -0.15) is 0 Å². The Hall–Kier alpha value is -4.32. The van der Waals surface area contributed by atoms with Crippen LogP contribution in [-0.4, -0.2) is 25.5 Å². The zero-order chi connectivity index (χ0) is 24.1. The Bertz CT molecular complexity index is 1340. The van der Waals surface area contributed by atoms with E-state index in [0.717, 1.165) is 27.6 Å². The van der Waals surface area contributed by atoms with Crippen LogP contribution in [0.4, 0.5) is 11.4 Å². The van der Waals surface area contributed by atoms with Gasteiger partial charge in [0, 0.05) is 5.69 Å². The zero-order valence-electron chi connectivity index (χ0n) is 19.3. The van der Waals surface area contributed by atoms with Crippen molar-refractivity contribution in [2.24, 2.45) is 0 Å². The number of aryl methyl sites for hydroxylation is 2. The molecule has 0 fully saturated rings. The normalized spacial score (nSPS) is 10.6. The van der Waals surface area contributed by atoms with Crippen molar-refractivity contribution in [3.05, 3.63) is 95.6 Å². The molecule has 0 radical (unpaired) electrons. The SMILES string of the molecule is COc1ccccc1NC(=O)c1cc2ccccc2cc1OCC(=O)Nc1c(C)cccc1C. The average molecular weight is 455 g/mol. The molecule has 6 nitrogen and oxygen atoms in total. The van der Waals surface area contributed by atoms with Gasteiger partial charge in [-0.25, -0.2) is 0 Å². The lowest BCUT2D eigenvalue weighted by atomic mass is 10.1. The number of carbonyl (C=O) groups is 2. The molecule has 0 aliphatic rings. The molecule has 0 saturated carbocycles. The standard InChI is InChI=1S/C28H26N2O4/c1-18-9-8-10-19(2)27(18)30-26(31)17-34-25-16-21-12-5-4-11-20(21)15-22(25)28(32)29-23-13-6-7-14-24(23)33-3/h4-16H,17H2,1-3H3,(H,29,32)(H,30,31). The number of methoxy groups -OCH3 is 1. The molecular weight excluding hydrogens is 428 g/mol. The summed E-state index contributed by atoms with van der Waals surface area (Å²) in [6, 6.07) is 24.2. The summed E-state index contributed by atoms with van der Waals surface area (Å²) >= 11 is 0. The second-order valence-corrected chi connectivity index (χ2v) is 7.95. The number of hydrogen-bond donors (Lipinski definition) is 2. The summed E-state index contributed by atoms with van der Waals surface area (Å²) < 4.78 is 11.2. The van der Waals surface area contributed by atoms with E-state index in [1.165, 1.54) is 0 Å². The molecule has 0 saturated heterocycles. The van der Waals surface area contributed by atoms with E-state index in [0.29, 0.717) is 22.7 Å². The van der Waals surface area contributed by atoms with Crippen molar-refractivity contribution in [2.45, 2.75) is 13.8 Å². The Morgan fingerprint density at radius 2 is 1.41 bits per heavy atom. The van der Waals surface area contributed by atoms with Gasteiger partial charge in [-0.05, 0) is 60.0 Å². The fourth-order valence-corrected chi connectivity index (χ4v) is 3.78. The lowest BCUT2D eigenvalue weighted by molar-refractivity contribution is -0.118. The van der Waals surface area contributed by atoms with E-state index in [1.54, 1.807) is 31.4 Å². The highest BCUT2D eigenvalue weighted by atomic mass is 16.5. The van der Waals surface area contributed by atoms with Gasteiger partial charge in [0.15, 0.2) is 6.61 Å². The lowest BCUT2D eigenvalue weighted by Gasteiger charge is -2.15. The first-order valence-electron chi connectivity index (χ1n) is 10.9. The molecule has 2 amide bonds. The third-order valence-electron chi connectivity index (χ3n) is 5.55. The number of amides is 2. The Morgan fingerprint density at radius 1 is 0.765 bits per heavy atom. The van der Waals surface area contributed by atoms with Crippen LogP contribution in [0.1, 0.15) is 21.5 Å². The maximum Gasteiger partial charge on any atom is 0.262 e. The fourth-order valence-electron chi connectivity index (χ4n) is 3.78. The molecule has 4 aromatic carbocycles. The minimum absolute atomic E-state index is 0.235. The van der Waals surface area contributed by atoms with E-state index < -0.39 is 0 Å². The molecule has 0 aliphatic heterocycles. The number of nitrogens with one attached hydrogen (secondary N) is 2. The molecule has 0 spiro atoms. The third kappa shape index (κ3) is 5.02. The van der Waals surface area contributed by atoms with Gasteiger partial charge in [0.1, 0.15) is 11.5 Å². The molecule has 0 bridgehead atoms. The maximum absolute atomic E-state index is 13.2. The number of para-hydroxylation sites is 3. The van der Waals surface area contributed by atoms with Crippen LogP contribution >= 0.6 is 0 Å². The van der Waals surface area contributed by atoms with Gasteiger partial charge in [0.2, 0.25) is 0 Å². The van der Waals surface area contributed by atoms with Crippen LogP contribution < -0.4 is 20.1 Å². The topological polar surface area (TPSA) is 76.7 Å². The van der Waals surface area contributed by atoms with Crippen LogP contribution in [0.2, 0.25) is 0 Å². The second-order valence-electron chi connectivity index (χ2n) is 7.95. The van der Waals surface area contributed by atoms with Crippen LogP contribution in [-0.2, 0) is 4.79 Å². The first-order valence-corrected chi connectivity index (χ1v) is 10.9. The Labute approximate surface area is 198 Å². The first kappa shape index (κ1) is 22.9. The van der Waals surface area contributed by atoms with Crippen LogP contribution in [0.15, 0.2) is 78.9 Å².